The number of hydrogen-bond acceptors (Lipinski definition) is 2. The first-order valence-electron chi connectivity index (χ1n) is 11.5. The van der Waals surface area contributed by atoms with Gasteiger partial charge < -0.3 is 9.80 Å². The highest BCUT2D eigenvalue weighted by molar-refractivity contribution is 5.67. The average Bonchev–Trinajstić information content (AvgIpc) is 2.79. The topological polar surface area (TPSA) is 6.48 Å². The van der Waals surface area contributed by atoms with Crippen molar-refractivity contribution in [1.82, 2.24) is 0 Å². The zero-order valence-corrected chi connectivity index (χ0v) is 19.4. The van der Waals surface area contributed by atoms with Gasteiger partial charge in [-0.1, -0.05) is 76.2 Å². The predicted octanol–water partition coefficient (Wildman–Crippen LogP) is 7.54. The molecule has 2 aliphatic heterocycles. The largest absolute Gasteiger partial charge is 0.344 e. The molecule has 2 aliphatic rings. The van der Waals surface area contributed by atoms with Crippen LogP contribution in [-0.4, -0.2) is 12.6 Å². The first-order chi connectivity index (χ1) is 15.0. The Balaban J connectivity index is 1.57. The molecule has 1 atom stereocenters. The van der Waals surface area contributed by atoms with E-state index in [-0.39, 0.29) is 0 Å². The van der Waals surface area contributed by atoms with E-state index in [9.17, 15) is 0 Å². The second kappa shape index (κ2) is 9.01. The average molecular weight is 411 g/mol. The van der Waals surface area contributed by atoms with Gasteiger partial charge >= 0.3 is 0 Å². The summed E-state index contributed by atoms with van der Waals surface area (Å²) in [6, 6.07) is 17.6. The monoisotopic (exact) mass is 410 g/mol. The molecule has 2 nitrogen and oxygen atoms in total. The minimum atomic E-state index is 0.304. The summed E-state index contributed by atoms with van der Waals surface area (Å²) in [6.45, 7) is 12.4. The van der Waals surface area contributed by atoms with E-state index in [2.05, 4.69) is 130 Å². The number of anilines is 2. The Morgan fingerprint density at radius 2 is 1.42 bits per heavy atom. The number of benzene rings is 2. The number of hydrogen-bond donors (Lipinski definition) is 0. The molecule has 1 unspecified atom stereocenters. The van der Waals surface area contributed by atoms with Crippen molar-refractivity contribution in [1.29, 1.82) is 0 Å². The van der Waals surface area contributed by atoms with Crippen LogP contribution < -0.4 is 9.80 Å². The van der Waals surface area contributed by atoms with Crippen LogP contribution in [0.3, 0.4) is 0 Å². The Bertz CT molecular complexity index is 1010. The Hall–Kier alpha value is -3.00. The normalized spacial score (nSPS) is 18.6. The van der Waals surface area contributed by atoms with Crippen molar-refractivity contribution in [2.75, 3.05) is 16.3 Å². The molecule has 0 spiro atoms. The quantitative estimate of drug-likeness (QED) is 0.502. The van der Waals surface area contributed by atoms with Crippen LogP contribution in [0.15, 0.2) is 96.4 Å². The molecule has 0 amide bonds. The van der Waals surface area contributed by atoms with Gasteiger partial charge in [-0.05, 0) is 65.3 Å². The molecular weight excluding hydrogens is 376 g/mol. The van der Waals surface area contributed by atoms with Crippen LogP contribution in [-0.2, 0) is 0 Å². The van der Waals surface area contributed by atoms with E-state index in [0.717, 1.165) is 6.54 Å². The number of nitrogens with zero attached hydrogens (tertiary/aromatic N) is 2. The maximum absolute atomic E-state index is 2.46. The molecule has 0 saturated heterocycles. The molecule has 4 rings (SSSR count). The van der Waals surface area contributed by atoms with Gasteiger partial charge in [-0.15, -0.1) is 0 Å². The summed E-state index contributed by atoms with van der Waals surface area (Å²) in [5.41, 5.74) is 8.07. The van der Waals surface area contributed by atoms with Crippen LogP contribution in [0.25, 0.3) is 0 Å². The highest BCUT2D eigenvalue weighted by Crippen LogP contribution is 2.38. The third kappa shape index (κ3) is 4.39. The molecule has 0 saturated carbocycles. The van der Waals surface area contributed by atoms with Gasteiger partial charge in [0.25, 0.3) is 0 Å². The summed E-state index contributed by atoms with van der Waals surface area (Å²) in [5.74, 6) is 0.986. The van der Waals surface area contributed by atoms with Gasteiger partial charge in [-0.3, -0.25) is 0 Å². The SMILES string of the molecule is CC(C)c1cccc(C(C)C)c1N1C=CC(C2=CCN(c3ccccc3)C=C2)=CC1C. The molecule has 0 aliphatic carbocycles. The summed E-state index contributed by atoms with van der Waals surface area (Å²) in [5, 5.41) is 0. The van der Waals surface area contributed by atoms with E-state index in [1.54, 1.807) is 0 Å². The summed E-state index contributed by atoms with van der Waals surface area (Å²) in [7, 11) is 0. The van der Waals surface area contributed by atoms with Crippen LogP contribution in [0.2, 0.25) is 0 Å². The van der Waals surface area contributed by atoms with Gasteiger partial charge in [0.05, 0.1) is 0 Å². The molecule has 0 bridgehead atoms. The van der Waals surface area contributed by atoms with Gasteiger partial charge in [0.2, 0.25) is 0 Å². The smallest absolute Gasteiger partial charge is 0.0497 e. The lowest BCUT2D eigenvalue weighted by atomic mass is 9.90. The second-order valence-corrected chi connectivity index (χ2v) is 9.14. The maximum atomic E-state index is 2.46. The predicted molar refractivity (Wildman–Crippen MR) is 135 cm³/mol. The summed E-state index contributed by atoms with van der Waals surface area (Å²) >= 11 is 0. The lowest BCUT2D eigenvalue weighted by molar-refractivity contribution is 0.779. The highest BCUT2D eigenvalue weighted by atomic mass is 15.1. The fourth-order valence-corrected chi connectivity index (χ4v) is 4.49. The van der Waals surface area contributed by atoms with Crippen molar-refractivity contribution in [3.63, 3.8) is 0 Å². The molecule has 2 heteroatoms. The van der Waals surface area contributed by atoms with Crippen molar-refractivity contribution >= 4 is 11.4 Å². The van der Waals surface area contributed by atoms with Crippen LogP contribution in [0.1, 0.15) is 57.6 Å². The molecule has 2 aromatic rings. The van der Waals surface area contributed by atoms with Gasteiger partial charge in [0.15, 0.2) is 0 Å². The molecule has 0 aromatic heterocycles. The van der Waals surface area contributed by atoms with Crippen LogP contribution >= 0.6 is 0 Å². The standard InChI is InChI=1S/C29H34N2/c1-21(2)27-12-9-13-28(22(3)4)29(27)31-19-16-25(20-23(31)5)24-14-17-30(18-15-24)26-10-7-6-8-11-26/h6-17,19-23H,18H2,1-5H3. The molecule has 160 valence electrons. The summed E-state index contributed by atoms with van der Waals surface area (Å²) in [6.07, 6.45) is 13.7. The first kappa shape index (κ1) is 21.2. The minimum absolute atomic E-state index is 0.304. The lowest BCUT2D eigenvalue weighted by Gasteiger charge is -2.35. The number of rotatable bonds is 5. The Labute approximate surface area is 187 Å². The molecule has 0 radical (unpaired) electrons. The molecular formula is C29H34N2. The van der Waals surface area contributed by atoms with Gasteiger partial charge in [-0.25, -0.2) is 0 Å². The van der Waals surface area contributed by atoms with Gasteiger partial charge in [0, 0.05) is 36.4 Å². The maximum Gasteiger partial charge on any atom is 0.0497 e. The van der Waals surface area contributed by atoms with Crippen molar-refractivity contribution < 1.29 is 0 Å². The first-order valence-corrected chi connectivity index (χ1v) is 11.5. The minimum Gasteiger partial charge on any atom is -0.344 e. The van der Waals surface area contributed by atoms with Gasteiger partial charge in [-0.2, -0.15) is 0 Å². The van der Waals surface area contributed by atoms with Gasteiger partial charge in [0.1, 0.15) is 0 Å². The van der Waals surface area contributed by atoms with E-state index in [0.29, 0.717) is 17.9 Å². The lowest BCUT2D eigenvalue weighted by Crippen LogP contribution is -2.31. The molecule has 2 heterocycles. The Morgan fingerprint density at radius 3 is 1.97 bits per heavy atom. The summed E-state index contributed by atoms with van der Waals surface area (Å²) in [4.78, 5) is 4.73. The van der Waals surface area contributed by atoms with E-state index in [1.165, 1.54) is 33.6 Å². The number of para-hydroxylation sites is 2. The molecule has 31 heavy (non-hydrogen) atoms. The Kier molecular flexibility index (Phi) is 6.18. The number of allylic oxidation sites excluding steroid dienone is 4. The summed E-state index contributed by atoms with van der Waals surface area (Å²) < 4.78 is 0. The third-order valence-electron chi connectivity index (χ3n) is 6.24. The zero-order valence-electron chi connectivity index (χ0n) is 19.4. The van der Waals surface area contributed by atoms with E-state index >= 15 is 0 Å². The molecule has 0 N–H and O–H groups in total. The molecule has 2 aromatic carbocycles. The van der Waals surface area contributed by atoms with Crippen LogP contribution in [0.4, 0.5) is 11.4 Å². The van der Waals surface area contributed by atoms with Crippen molar-refractivity contribution in [3.8, 4) is 0 Å². The van der Waals surface area contributed by atoms with Crippen molar-refractivity contribution in [2.45, 2.75) is 52.5 Å². The van der Waals surface area contributed by atoms with E-state index < -0.39 is 0 Å². The fourth-order valence-electron chi connectivity index (χ4n) is 4.49. The third-order valence-corrected chi connectivity index (χ3v) is 6.24. The Morgan fingerprint density at radius 1 is 0.774 bits per heavy atom. The zero-order chi connectivity index (χ0) is 22.0. The second-order valence-electron chi connectivity index (χ2n) is 9.14. The highest BCUT2D eigenvalue weighted by Gasteiger charge is 2.23. The fraction of sp³-hybridized carbons (Fsp3) is 0.310. The van der Waals surface area contributed by atoms with Crippen LogP contribution in [0, 0.1) is 0 Å². The van der Waals surface area contributed by atoms with Crippen molar-refractivity contribution in [3.05, 3.63) is 108 Å². The van der Waals surface area contributed by atoms with E-state index in [1.807, 2.05) is 0 Å². The van der Waals surface area contributed by atoms with Crippen molar-refractivity contribution in [2.24, 2.45) is 0 Å². The van der Waals surface area contributed by atoms with E-state index in [4.69, 9.17) is 0 Å². The molecule has 0 fully saturated rings. The van der Waals surface area contributed by atoms with Crippen LogP contribution in [0.5, 0.6) is 0 Å².